The van der Waals surface area contributed by atoms with Gasteiger partial charge in [0.15, 0.2) is 5.82 Å². The first-order chi connectivity index (χ1) is 10.3. The molecule has 0 aliphatic heterocycles. The van der Waals surface area contributed by atoms with E-state index in [1.807, 2.05) is 18.3 Å². The van der Waals surface area contributed by atoms with Gasteiger partial charge in [-0.15, -0.1) is 0 Å². The second-order valence-corrected chi connectivity index (χ2v) is 5.96. The van der Waals surface area contributed by atoms with Crippen LogP contribution in [0.25, 0.3) is 11.4 Å². The summed E-state index contributed by atoms with van der Waals surface area (Å²) in [4.78, 5) is 9.25. The highest BCUT2D eigenvalue weighted by molar-refractivity contribution is 5.56. The van der Waals surface area contributed by atoms with Crippen LogP contribution in [0.2, 0.25) is 0 Å². The fourth-order valence-corrected chi connectivity index (χ4v) is 3.07. The van der Waals surface area contributed by atoms with Gasteiger partial charge >= 0.3 is 0 Å². The van der Waals surface area contributed by atoms with E-state index >= 15 is 0 Å². The number of phenols is 1. The van der Waals surface area contributed by atoms with Gasteiger partial charge < -0.3 is 5.11 Å². The van der Waals surface area contributed by atoms with Gasteiger partial charge in [-0.05, 0) is 55.0 Å². The number of benzene rings is 1. The van der Waals surface area contributed by atoms with Gasteiger partial charge in [0.1, 0.15) is 5.75 Å². The minimum atomic E-state index is 0.274. The van der Waals surface area contributed by atoms with Crippen molar-refractivity contribution in [2.45, 2.75) is 45.4 Å². The zero-order chi connectivity index (χ0) is 14.7. The summed E-state index contributed by atoms with van der Waals surface area (Å²) in [5, 5.41) is 9.35. The Labute approximate surface area is 126 Å². The third kappa shape index (κ3) is 3.23. The Bertz CT molecular complexity index is 607. The number of aryl methyl sites for hydroxylation is 1. The number of hydrogen-bond donors (Lipinski definition) is 1. The molecule has 0 bridgehead atoms. The van der Waals surface area contributed by atoms with Crippen LogP contribution in [0.1, 0.15) is 43.9 Å². The molecule has 1 N–H and O–H groups in total. The maximum atomic E-state index is 9.35. The van der Waals surface area contributed by atoms with E-state index in [2.05, 4.69) is 11.9 Å². The highest BCUT2D eigenvalue weighted by Gasteiger charge is 2.20. The first kappa shape index (κ1) is 14.1. The molecule has 2 aromatic rings. The van der Waals surface area contributed by atoms with Crippen LogP contribution in [-0.4, -0.2) is 15.1 Å². The quantitative estimate of drug-likeness (QED) is 0.916. The number of fused-ring (bicyclic) bond motifs is 1. The van der Waals surface area contributed by atoms with Gasteiger partial charge in [-0.3, -0.25) is 0 Å². The Hall–Kier alpha value is -1.90. The number of unbranched alkanes of at least 4 members (excludes halogenated alkanes) is 1. The Morgan fingerprint density at radius 1 is 1.24 bits per heavy atom. The van der Waals surface area contributed by atoms with Crippen molar-refractivity contribution in [2.24, 2.45) is 5.92 Å². The van der Waals surface area contributed by atoms with E-state index in [1.165, 1.54) is 36.9 Å². The highest BCUT2D eigenvalue weighted by atomic mass is 16.3. The summed E-state index contributed by atoms with van der Waals surface area (Å²) in [6, 6.07) is 7.09. The third-order valence-electron chi connectivity index (χ3n) is 4.34. The van der Waals surface area contributed by atoms with Crippen LogP contribution >= 0.6 is 0 Å². The highest BCUT2D eigenvalue weighted by Crippen LogP contribution is 2.29. The molecular weight excluding hydrogens is 260 g/mol. The molecule has 0 fully saturated rings. The fraction of sp³-hybridized carbons (Fsp3) is 0.444. The molecule has 0 spiro atoms. The first-order valence-electron chi connectivity index (χ1n) is 7.90. The summed E-state index contributed by atoms with van der Waals surface area (Å²) >= 11 is 0. The van der Waals surface area contributed by atoms with Crippen molar-refractivity contribution >= 4 is 0 Å². The van der Waals surface area contributed by atoms with E-state index < -0.39 is 0 Å². The van der Waals surface area contributed by atoms with Gasteiger partial charge in [-0.2, -0.15) is 0 Å². The Morgan fingerprint density at radius 2 is 2.05 bits per heavy atom. The second kappa shape index (κ2) is 6.25. The fourth-order valence-electron chi connectivity index (χ4n) is 3.07. The van der Waals surface area contributed by atoms with Crippen molar-refractivity contribution in [1.82, 2.24) is 9.97 Å². The zero-order valence-corrected chi connectivity index (χ0v) is 12.5. The van der Waals surface area contributed by atoms with Gasteiger partial charge in [0.25, 0.3) is 0 Å². The smallest absolute Gasteiger partial charge is 0.159 e. The average Bonchev–Trinajstić information content (AvgIpc) is 2.53. The lowest BCUT2D eigenvalue weighted by atomic mass is 9.84. The van der Waals surface area contributed by atoms with Gasteiger partial charge in [-0.1, -0.05) is 26.2 Å². The molecule has 3 heteroatoms. The molecule has 110 valence electrons. The van der Waals surface area contributed by atoms with Gasteiger partial charge in [0.2, 0.25) is 0 Å². The van der Waals surface area contributed by atoms with Gasteiger partial charge in [-0.25, -0.2) is 9.97 Å². The van der Waals surface area contributed by atoms with E-state index in [0.29, 0.717) is 0 Å². The minimum Gasteiger partial charge on any atom is -0.508 e. The molecule has 3 rings (SSSR count). The SMILES string of the molecule is CCCCC1CCc2nc(-c3ccc(O)cc3)ncc2C1. The molecule has 0 radical (unpaired) electrons. The molecule has 0 amide bonds. The molecule has 0 saturated heterocycles. The maximum Gasteiger partial charge on any atom is 0.159 e. The summed E-state index contributed by atoms with van der Waals surface area (Å²) < 4.78 is 0. The lowest BCUT2D eigenvalue weighted by Crippen LogP contribution is -2.16. The largest absolute Gasteiger partial charge is 0.508 e. The Morgan fingerprint density at radius 3 is 2.81 bits per heavy atom. The van der Waals surface area contributed by atoms with Crippen molar-refractivity contribution in [3.63, 3.8) is 0 Å². The van der Waals surface area contributed by atoms with E-state index in [-0.39, 0.29) is 5.75 Å². The van der Waals surface area contributed by atoms with Crippen LogP contribution in [0.15, 0.2) is 30.5 Å². The first-order valence-corrected chi connectivity index (χ1v) is 7.90. The Kier molecular flexibility index (Phi) is 4.18. The average molecular weight is 282 g/mol. The van der Waals surface area contributed by atoms with Gasteiger partial charge in [0.05, 0.1) is 0 Å². The van der Waals surface area contributed by atoms with Gasteiger partial charge in [0, 0.05) is 17.5 Å². The molecular formula is C18H22N2O. The number of aromatic nitrogens is 2. The summed E-state index contributed by atoms with van der Waals surface area (Å²) in [5.41, 5.74) is 3.49. The molecule has 1 unspecified atom stereocenters. The summed E-state index contributed by atoms with van der Waals surface area (Å²) in [6.07, 6.45) is 9.38. The molecule has 1 aromatic heterocycles. The van der Waals surface area contributed by atoms with Crippen molar-refractivity contribution in [3.05, 3.63) is 41.7 Å². The number of hydrogen-bond acceptors (Lipinski definition) is 3. The molecule has 3 nitrogen and oxygen atoms in total. The van der Waals surface area contributed by atoms with Crippen molar-refractivity contribution in [3.8, 4) is 17.1 Å². The zero-order valence-electron chi connectivity index (χ0n) is 12.5. The third-order valence-corrected chi connectivity index (χ3v) is 4.34. The second-order valence-electron chi connectivity index (χ2n) is 5.96. The van der Waals surface area contributed by atoms with Crippen LogP contribution < -0.4 is 0 Å². The predicted octanol–water partition coefficient (Wildman–Crippen LogP) is 4.14. The Balaban J connectivity index is 1.78. The van der Waals surface area contributed by atoms with Crippen LogP contribution in [0.5, 0.6) is 5.75 Å². The summed E-state index contributed by atoms with van der Waals surface area (Å²) in [7, 11) is 0. The number of rotatable bonds is 4. The van der Waals surface area contributed by atoms with Crippen LogP contribution in [0, 0.1) is 5.92 Å². The van der Waals surface area contributed by atoms with E-state index in [1.54, 1.807) is 12.1 Å². The van der Waals surface area contributed by atoms with Crippen LogP contribution in [0.3, 0.4) is 0 Å². The van der Waals surface area contributed by atoms with Crippen molar-refractivity contribution in [2.75, 3.05) is 0 Å². The number of nitrogens with zero attached hydrogens (tertiary/aromatic N) is 2. The van der Waals surface area contributed by atoms with E-state index in [9.17, 15) is 5.11 Å². The molecule has 0 saturated carbocycles. The number of phenolic OH excluding ortho intramolecular Hbond substituents is 1. The molecule has 1 aliphatic carbocycles. The maximum absolute atomic E-state index is 9.35. The van der Waals surface area contributed by atoms with Crippen LogP contribution in [-0.2, 0) is 12.8 Å². The van der Waals surface area contributed by atoms with Crippen LogP contribution in [0.4, 0.5) is 0 Å². The monoisotopic (exact) mass is 282 g/mol. The van der Waals surface area contributed by atoms with Crippen molar-refractivity contribution < 1.29 is 5.11 Å². The molecule has 1 heterocycles. The number of aromatic hydroxyl groups is 1. The molecule has 21 heavy (non-hydrogen) atoms. The summed E-state index contributed by atoms with van der Waals surface area (Å²) in [5.74, 6) is 1.84. The molecule has 1 aliphatic rings. The van der Waals surface area contributed by atoms with E-state index in [4.69, 9.17) is 4.98 Å². The normalized spacial score (nSPS) is 17.5. The van der Waals surface area contributed by atoms with E-state index in [0.717, 1.165) is 30.1 Å². The van der Waals surface area contributed by atoms with Crippen molar-refractivity contribution in [1.29, 1.82) is 0 Å². The minimum absolute atomic E-state index is 0.274. The summed E-state index contributed by atoms with van der Waals surface area (Å²) in [6.45, 7) is 2.25. The molecule has 1 atom stereocenters. The predicted molar refractivity (Wildman–Crippen MR) is 84.2 cm³/mol. The lowest BCUT2D eigenvalue weighted by Gasteiger charge is -2.23. The topological polar surface area (TPSA) is 46.0 Å². The standard InChI is InChI=1S/C18H22N2O/c1-2-3-4-13-5-10-17-15(11-13)12-19-18(20-17)14-6-8-16(21)9-7-14/h6-9,12-13,21H,2-5,10-11H2,1H3. The lowest BCUT2D eigenvalue weighted by molar-refractivity contribution is 0.408. The molecule has 1 aromatic carbocycles.